The second-order valence-corrected chi connectivity index (χ2v) is 18.1. The monoisotopic (exact) mass is 773 g/mol. The van der Waals surface area contributed by atoms with Crippen LogP contribution in [-0.4, -0.2) is 15.0 Å². The van der Waals surface area contributed by atoms with Crippen molar-refractivity contribution in [2.24, 2.45) is 17.8 Å². The summed E-state index contributed by atoms with van der Waals surface area (Å²) in [5.74, 6) is 6.65. The molecule has 4 fully saturated rings. The third kappa shape index (κ3) is 4.94. The highest BCUT2D eigenvalue weighted by atomic mass is 16.5. The Morgan fingerprint density at radius 1 is 0.383 bits per heavy atom. The molecule has 7 aromatic carbocycles. The van der Waals surface area contributed by atoms with E-state index >= 15 is 0 Å². The van der Waals surface area contributed by atoms with E-state index in [9.17, 15) is 0 Å². The van der Waals surface area contributed by atoms with E-state index in [0.717, 1.165) is 63.4 Å². The van der Waals surface area contributed by atoms with Crippen molar-refractivity contribution in [2.45, 2.75) is 49.4 Å². The number of hydrogen-bond donors (Lipinski definition) is 0. The predicted octanol–water partition coefficient (Wildman–Crippen LogP) is 13.5. The van der Waals surface area contributed by atoms with Crippen LogP contribution in [0.25, 0.3) is 56.2 Å². The first kappa shape index (κ1) is 34.2. The fourth-order valence-electron chi connectivity index (χ4n) is 12.7. The van der Waals surface area contributed by atoms with Gasteiger partial charge in [0.25, 0.3) is 0 Å². The van der Waals surface area contributed by atoms with Crippen molar-refractivity contribution < 1.29 is 4.74 Å². The molecule has 1 aliphatic heterocycles. The van der Waals surface area contributed by atoms with E-state index in [-0.39, 0.29) is 5.41 Å². The van der Waals surface area contributed by atoms with Crippen molar-refractivity contribution in [2.75, 3.05) is 0 Å². The molecule has 4 nitrogen and oxygen atoms in total. The maximum atomic E-state index is 6.64. The van der Waals surface area contributed by atoms with E-state index < -0.39 is 5.41 Å². The van der Waals surface area contributed by atoms with Gasteiger partial charge in [0.15, 0.2) is 11.6 Å². The van der Waals surface area contributed by atoms with Crippen LogP contribution in [0.2, 0.25) is 0 Å². The van der Waals surface area contributed by atoms with Crippen molar-refractivity contribution in [3.05, 3.63) is 198 Å². The van der Waals surface area contributed by atoms with Gasteiger partial charge in [0, 0.05) is 27.7 Å². The van der Waals surface area contributed by atoms with Gasteiger partial charge in [0.05, 0.1) is 5.41 Å². The highest BCUT2D eigenvalue weighted by molar-refractivity contribution is 5.99. The number of benzene rings is 7. The van der Waals surface area contributed by atoms with Crippen LogP contribution in [0, 0.1) is 17.8 Å². The molecular weight excluding hydrogens is 731 g/mol. The van der Waals surface area contributed by atoms with Crippen molar-refractivity contribution >= 4 is 0 Å². The lowest BCUT2D eigenvalue weighted by Crippen LogP contribution is -2.49. The highest BCUT2D eigenvalue weighted by Crippen LogP contribution is 2.64. The van der Waals surface area contributed by atoms with Crippen LogP contribution in [0.3, 0.4) is 0 Å². The maximum Gasteiger partial charge on any atom is 0.164 e. The molecule has 4 saturated carbocycles. The summed E-state index contributed by atoms with van der Waals surface area (Å²) >= 11 is 0. The lowest BCUT2D eigenvalue weighted by molar-refractivity contribution is -0.00938. The quantitative estimate of drug-likeness (QED) is 0.175. The Labute approximate surface area is 351 Å². The third-order valence-corrected chi connectivity index (χ3v) is 14.7. The molecule has 8 aromatic rings. The number of fused-ring (bicyclic) bond motifs is 9. The van der Waals surface area contributed by atoms with E-state index in [1.807, 2.05) is 0 Å². The van der Waals surface area contributed by atoms with Gasteiger partial charge in [-0.1, -0.05) is 158 Å². The minimum absolute atomic E-state index is 0.00324. The molecule has 0 saturated heterocycles. The van der Waals surface area contributed by atoms with Crippen LogP contribution in [0.15, 0.2) is 170 Å². The van der Waals surface area contributed by atoms with Gasteiger partial charge >= 0.3 is 0 Å². The molecule has 0 amide bonds. The van der Waals surface area contributed by atoms with Crippen LogP contribution in [0.1, 0.15) is 66.6 Å². The van der Waals surface area contributed by atoms with Gasteiger partial charge in [0.1, 0.15) is 17.3 Å². The molecule has 0 atom stereocenters. The second-order valence-electron chi connectivity index (χ2n) is 18.1. The number of rotatable bonds is 5. The second kappa shape index (κ2) is 12.9. The molecule has 0 radical (unpaired) electrons. The Bertz CT molecular complexity index is 2920. The van der Waals surface area contributed by atoms with Gasteiger partial charge in [0.2, 0.25) is 0 Å². The zero-order valence-corrected chi connectivity index (χ0v) is 33.4. The van der Waals surface area contributed by atoms with E-state index in [1.165, 1.54) is 88.6 Å². The molecule has 60 heavy (non-hydrogen) atoms. The lowest BCUT2D eigenvalue weighted by Gasteiger charge is -2.56. The average molecular weight is 774 g/mol. The molecular formula is C56H43N3O. The van der Waals surface area contributed by atoms with E-state index in [0.29, 0.717) is 0 Å². The lowest BCUT2D eigenvalue weighted by atomic mass is 9.49. The predicted molar refractivity (Wildman–Crippen MR) is 239 cm³/mol. The summed E-state index contributed by atoms with van der Waals surface area (Å²) in [4.78, 5) is 16.5. The van der Waals surface area contributed by atoms with E-state index in [1.54, 1.807) is 0 Å². The van der Waals surface area contributed by atoms with Crippen molar-refractivity contribution in [3.63, 3.8) is 0 Å². The topological polar surface area (TPSA) is 47.9 Å². The molecule has 5 aliphatic carbocycles. The summed E-state index contributed by atoms with van der Waals surface area (Å²) in [6.45, 7) is 0. The largest absolute Gasteiger partial charge is 0.457 e. The first-order valence-corrected chi connectivity index (χ1v) is 21.8. The van der Waals surface area contributed by atoms with Gasteiger partial charge in [-0.15, -0.1) is 0 Å². The Morgan fingerprint density at radius 2 is 0.883 bits per heavy atom. The van der Waals surface area contributed by atoms with Crippen LogP contribution in [0.5, 0.6) is 11.5 Å². The van der Waals surface area contributed by atoms with Crippen LogP contribution in [-0.2, 0) is 10.8 Å². The fourth-order valence-corrected chi connectivity index (χ4v) is 12.7. The van der Waals surface area contributed by atoms with Crippen LogP contribution >= 0.6 is 0 Å². The van der Waals surface area contributed by atoms with Gasteiger partial charge < -0.3 is 4.74 Å². The minimum Gasteiger partial charge on any atom is -0.457 e. The number of hydrogen-bond acceptors (Lipinski definition) is 4. The Morgan fingerprint density at radius 3 is 1.57 bits per heavy atom. The van der Waals surface area contributed by atoms with Crippen LogP contribution < -0.4 is 4.74 Å². The summed E-state index contributed by atoms with van der Waals surface area (Å²) in [7, 11) is 0. The van der Waals surface area contributed by atoms with E-state index in [2.05, 4.69) is 170 Å². The van der Waals surface area contributed by atoms with Crippen molar-refractivity contribution in [1.82, 2.24) is 15.0 Å². The van der Waals surface area contributed by atoms with Gasteiger partial charge in [-0.2, -0.15) is 0 Å². The maximum absolute atomic E-state index is 6.64. The van der Waals surface area contributed by atoms with Crippen molar-refractivity contribution in [1.29, 1.82) is 0 Å². The molecule has 14 rings (SSSR count). The molecule has 0 unspecified atom stereocenters. The number of ether oxygens (including phenoxy) is 1. The number of para-hydroxylation sites is 2. The molecule has 1 spiro atoms. The minimum atomic E-state index is -0.541. The average Bonchev–Trinajstić information content (AvgIpc) is 3.60. The van der Waals surface area contributed by atoms with Crippen LogP contribution in [0.4, 0.5) is 0 Å². The summed E-state index contributed by atoms with van der Waals surface area (Å²) in [5, 5.41) is 0. The zero-order valence-electron chi connectivity index (χ0n) is 33.4. The molecule has 4 heteroatoms. The standard InChI is InChI=1S/C56H43N3O/c1-2-13-38(14-3-1)39-25-27-40(28-26-39)52-57-53(59-54(58-52)55-32-35-29-36(33-55)31-37(30-35)34-55)43-16-5-4-15-41(43)42-18-12-22-48-51(42)44-17-6-7-19-45(44)56(48)46-20-8-10-23-49(46)60-50-24-11-9-21-47(50)56/h1-28,35-37H,29-34H2/t35-,36+,37?,55?. The Balaban J connectivity index is 1.02. The van der Waals surface area contributed by atoms with Gasteiger partial charge in [-0.05, 0) is 113 Å². The van der Waals surface area contributed by atoms with E-state index in [4.69, 9.17) is 19.7 Å². The SMILES string of the molecule is c1ccc(-c2ccc(-c3nc(-c4ccccc4-c4cccc5c4-c4ccccc4C54c5ccccc5Oc5ccccc54)nc(C45CC6C[C@H](C4)C[C@@H](C6)C5)n3)cc2)cc1. The van der Waals surface area contributed by atoms with Gasteiger partial charge in [-0.3, -0.25) is 0 Å². The smallest absolute Gasteiger partial charge is 0.164 e. The summed E-state index contributed by atoms with van der Waals surface area (Å²) in [6.07, 6.45) is 7.68. The summed E-state index contributed by atoms with van der Waals surface area (Å²) < 4.78 is 6.64. The molecule has 1 aromatic heterocycles. The molecule has 2 heterocycles. The normalized spacial score (nSPS) is 22.1. The Kier molecular flexibility index (Phi) is 7.37. The molecule has 4 bridgehead atoms. The first-order chi connectivity index (χ1) is 29.6. The first-order valence-electron chi connectivity index (χ1n) is 21.8. The zero-order chi connectivity index (χ0) is 39.4. The molecule has 0 N–H and O–H groups in total. The molecule has 288 valence electrons. The van der Waals surface area contributed by atoms with Crippen molar-refractivity contribution in [3.8, 4) is 67.7 Å². The highest BCUT2D eigenvalue weighted by Gasteiger charge is 2.54. The summed E-state index contributed by atoms with van der Waals surface area (Å²) in [5.41, 5.74) is 13.6. The number of nitrogens with zero attached hydrogens (tertiary/aromatic N) is 3. The summed E-state index contributed by atoms with van der Waals surface area (Å²) in [6, 6.07) is 61.3. The third-order valence-electron chi connectivity index (χ3n) is 14.7. The Hall–Kier alpha value is -6.65. The van der Waals surface area contributed by atoms with Gasteiger partial charge in [-0.25, -0.2) is 15.0 Å². The fraction of sp³-hybridized carbons (Fsp3) is 0.196. The number of aromatic nitrogens is 3. The molecule has 6 aliphatic rings.